The number of rotatable bonds is 3. The maximum Gasteiger partial charge on any atom is 0.118 e. The Morgan fingerprint density at radius 2 is 1.55 bits per heavy atom. The van der Waals surface area contributed by atoms with E-state index in [2.05, 4.69) is 67.6 Å². The summed E-state index contributed by atoms with van der Waals surface area (Å²) in [5, 5.41) is 0. The minimum atomic E-state index is -0.112. The Balaban J connectivity index is 1.90. The van der Waals surface area contributed by atoms with Crippen molar-refractivity contribution >= 4 is 0 Å². The first-order chi connectivity index (χ1) is 10.7. The van der Waals surface area contributed by atoms with E-state index in [-0.39, 0.29) is 5.41 Å². The van der Waals surface area contributed by atoms with Gasteiger partial charge in [0.25, 0.3) is 0 Å². The van der Waals surface area contributed by atoms with Gasteiger partial charge in [0.2, 0.25) is 0 Å². The van der Waals surface area contributed by atoms with Crippen LogP contribution in [0, 0.1) is 6.92 Å². The highest BCUT2D eigenvalue weighted by Crippen LogP contribution is 2.49. The van der Waals surface area contributed by atoms with E-state index in [0.29, 0.717) is 0 Å². The van der Waals surface area contributed by atoms with Crippen LogP contribution in [0.15, 0.2) is 71.8 Å². The van der Waals surface area contributed by atoms with Gasteiger partial charge >= 0.3 is 0 Å². The Kier molecular flexibility index (Phi) is 2.97. The maximum atomic E-state index is 5.31. The molecule has 0 amide bonds. The summed E-state index contributed by atoms with van der Waals surface area (Å²) in [7, 11) is 1.71. The van der Waals surface area contributed by atoms with Crippen molar-refractivity contribution in [3.63, 3.8) is 0 Å². The average molecular weight is 288 g/mol. The molecular formula is C21H20O. The normalized spacial score (nSPS) is 18.1. The van der Waals surface area contributed by atoms with Crippen molar-refractivity contribution in [2.75, 3.05) is 7.11 Å². The van der Waals surface area contributed by atoms with Crippen LogP contribution in [0.5, 0.6) is 5.75 Å². The van der Waals surface area contributed by atoms with Crippen LogP contribution in [0.1, 0.15) is 29.5 Å². The number of benzene rings is 2. The molecule has 1 fully saturated rings. The van der Waals surface area contributed by atoms with Gasteiger partial charge in [0, 0.05) is 0 Å². The van der Waals surface area contributed by atoms with E-state index >= 15 is 0 Å². The van der Waals surface area contributed by atoms with Crippen LogP contribution in [-0.2, 0) is 5.41 Å². The predicted molar refractivity (Wildman–Crippen MR) is 90.4 cm³/mol. The van der Waals surface area contributed by atoms with E-state index in [0.717, 1.165) is 5.75 Å². The second-order valence-electron chi connectivity index (χ2n) is 6.43. The minimum absolute atomic E-state index is 0.112. The van der Waals surface area contributed by atoms with Crippen molar-refractivity contribution in [1.29, 1.82) is 0 Å². The van der Waals surface area contributed by atoms with Crippen LogP contribution in [0.3, 0.4) is 0 Å². The molecule has 2 bridgehead atoms. The monoisotopic (exact) mass is 288 g/mol. The predicted octanol–water partition coefficient (Wildman–Crippen LogP) is 4.95. The highest BCUT2D eigenvalue weighted by molar-refractivity contribution is 5.58. The summed E-state index contributed by atoms with van der Waals surface area (Å²) in [5.74, 6) is 0.907. The van der Waals surface area contributed by atoms with Crippen LogP contribution in [-0.4, -0.2) is 7.11 Å². The Bertz CT molecular complexity index is 750. The maximum absolute atomic E-state index is 5.31. The lowest BCUT2D eigenvalue weighted by Gasteiger charge is -2.40. The molecule has 110 valence electrons. The topological polar surface area (TPSA) is 9.23 Å². The molecule has 0 heterocycles. The summed E-state index contributed by atoms with van der Waals surface area (Å²) in [5.41, 5.74) is 6.99. The van der Waals surface area contributed by atoms with Crippen LogP contribution >= 0.6 is 0 Å². The third-order valence-corrected chi connectivity index (χ3v) is 4.84. The highest BCUT2D eigenvalue weighted by atomic mass is 16.5. The van der Waals surface area contributed by atoms with Crippen LogP contribution in [0.25, 0.3) is 0 Å². The second-order valence-corrected chi connectivity index (χ2v) is 6.43. The third-order valence-electron chi connectivity index (χ3n) is 4.84. The summed E-state index contributed by atoms with van der Waals surface area (Å²) in [6.45, 7) is 2.16. The quantitative estimate of drug-likeness (QED) is 0.726. The van der Waals surface area contributed by atoms with Crippen molar-refractivity contribution in [1.82, 2.24) is 0 Å². The number of hydrogen-bond acceptors (Lipinski definition) is 1. The zero-order valence-electron chi connectivity index (χ0n) is 13.1. The number of fused-ring (bicyclic) bond motifs is 2. The Morgan fingerprint density at radius 1 is 0.864 bits per heavy atom. The summed E-state index contributed by atoms with van der Waals surface area (Å²) in [4.78, 5) is 0. The number of methoxy groups -OCH3 is 1. The number of ether oxygens (including phenoxy) is 1. The molecule has 0 saturated heterocycles. The average Bonchev–Trinajstić information content (AvgIpc) is 2.54. The molecule has 2 aromatic carbocycles. The van der Waals surface area contributed by atoms with Gasteiger partial charge < -0.3 is 4.74 Å². The first kappa shape index (κ1) is 13.4. The summed E-state index contributed by atoms with van der Waals surface area (Å²) >= 11 is 0. The van der Waals surface area contributed by atoms with Crippen molar-refractivity contribution in [3.05, 3.63) is 88.5 Å². The molecular weight excluding hydrogens is 268 g/mol. The molecule has 3 aliphatic rings. The molecule has 0 aromatic heterocycles. The largest absolute Gasteiger partial charge is 0.497 e. The van der Waals surface area contributed by atoms with E-state index < -0.39 is 0 Å². The van der Waals surface area contributed by atoms with Gasteiger partial charge in [-0.3, -0.25) is 0 Å². The fourth-order valence-electron chi connectivity index (χ4n) is 3.69. The van der Waals surface area contributed by atoms with Crippen LogP contribution in [0.4, 0.5) is 0 Å². The van der Waals surface area contributed by atoms with E-state index in [9.17, 15) is 0 Å². The lowest BCUT2D eigenvalue weighted by Crippen LogP contribution is -2.30. The van der Waals surface area contributed by atoms with Crippen molar-refractivity contribution in [2.24, 2.45) is 0 Å². The fraction of sp³-hybridized carbons (Fsp3) is 0.238. The Labute approximate surface area is 131 Å². The van der Waals surface area contributed by atoms with Crippen LogP contribution in [0.2, 0.25) is 0 Å². The molecule has 1 saturated carbocycles. The molecule has 0 atom stereocenters. The summed E-state index contributed by atoms with van der Waals surface area (Å²) < 4.78 is 5.31. The molecule has 2 aromatic rings. The lowest BCUT2D eigenvalue weighted by molar-refractivity contribution is 0.414. The first-order valence-electron chi connectivity index (χ1n) is 7.82. The van der Waals surface area contributed by atoms with Gasteiger partial charge in [0.15, 0.2) is 0 Å². The van der Waals surface area contributed by atoms with Gasteiger partial charge in [0.1, 0.15) is 5.75 Å². The van der Waals surface area contributed by atoms with E-state index in [4.69, 9.17) is 4.74 Å². The molecule has 0 unspecified atom stereocenters. The van der Waals surface area contributed by atoms with Gasteiger partial charge in [-0.25, -0.2) is 0 Å². The molecule has 22 heavy (non-hydrogen) atoms. The van der Waals surface area contributed by atoms with Gasteiger partial charge in [-0.2, -0.15) is 0 Å². The standard InChI is InChI=1S/C21H20O/c1-15-4-3-5-19(10-15)21(13-16-11-17(12-16)14-21)18-6-8-20(22-2)9-7-18/h3-10,13-14H,11-12H2,1-2H3. The van der Waals surface area contributed by atoms with E-state index in [1.54, 1.807) is 18.3 Å². The molecule has 0 spiro atoms. The molecule has 5 rings (SSSR count). The molecule has 1 nitrogen and oxygen atoms in total. The smallest absolute Gasteiger partial charge is 0.118 e. The summed E-state index contributed by atoms with van der Waals surface area (Å²) in [6, 6.07) is 17.4. The molecule has 3 aliphatic carbocycles. The SMILES string of the molecule is COc1ccc(C2(c3cccc(C)c3)C=C3CC(=C2)C3)cc1. The summed E-state index contributed by atoms with van der Waals surface area (Å²) in [6.07, 6.45) is 7.28. The van der Waals surface area contributed by atoms with Gasteiger partial charge in [-0.05, 0) is 43.0 Å². The highest BCUT2D eigenvalue weighted by Gasteiger charge is 2.37. The number of allylic oxidation sites excluding steroid dienone is 4. The Hall–Kier alpha value is -2.28. The van der Waals surface area contributed by atoms with E-state index in [1.807, 2.05) is 0 Å². The lowest BCUT2D eigenvalue weighted by atomic mass is 9.63. The van der Waals surface area contributed by atoms with Crippen molar-refractivity contribution in [3.8, 4) is 5.75 Å². The van der Waals surface area contributed by atoms with Crippen molar-refractivity contribution in [2.45, 2.75) is 25.2 Å². The molecule has 1 heteroatoms. The second kappa shape index (κ2) is 4.88. The molecule has 0 radical (unpaired) electrons. The van der Waals surface area contributed by atoms with Gasteiger partial charge in [0.05, 0.1) is 12.5 Å². The van der Waals surface area contributed by atoms with Crippen LogP contribution < -0.4 is 4.74 Å². The number of hydrogen-bond donors (Lipinski definition) is 0. The fourth-order valence-corrected chi connectivity index (χ4v) is 3.69. The van der Waals surface area contributed by atoms with Gasteiger partial charge in [-0.1, -0.05) is 65.3 Å². The third kappa shape index (κ3) is 2.00. The zero-order chi connectivity index (χ0) is 15.2. The molecule has 0 aliphatic heterocycles. The molecule has 0 N–H and O–H groups in total. The first-order valence-corrected chi connectivity index (χ1v) is 7.82. The van der Waals surface area contributed by atoms with Crippen molar-refractivity contribution < 1.29 is 4.74 Å². The van der Waals surface area contributed by atoms with E-state index in [1.165, 1.54) is 29.5 Å². The Morgan fingerprint density at radius 3 is 2.14 bits per heavy atom. The number of aryl methyl sites for hydroxylation is 1. The van der Waals surface area contributed by atoms with Gasteiger partial charge in [-0.15, -0.1) is 0 Å². The zero-order valence-corrected chi connectivity index (χ0v) is 13.1. The minimum Gasteiger partial charge on any atom is -0.497 e.